The van der Waals surface area contributed by atoms with Gasteiger partial charge in [0.15, 0.2) is 0 Å². The van der Waals surface area contributed by atoms with Crippen molar-refractivity contribution < 1.29 is 9.84 Å². The van der Waals surface area contributed by atoms with Crippen LogP contribution in [0.15, 0.2) is 48.5 Å². The number of benzene rings is 2. The van der Waals surface area contributed by atoms with E-state index in [1.54, 1.807) is 0 Å². The first-order chi connectivity index (χ1) is 15.6. The molecule has 32 heavy (non-hydrogen) atoms. The first-order valence-corrected chi connectivity index (χ1v) is 12.6. The molecule has 0 spiro atoms. The van der Waals surface area contributed by atoms with Gasteiger partial charge in [-0.25, -0.2) is 0 Å². The highest BCUT2D eigenvalue weighted by molar-refractivity contribution is 5.44. The zero-order valence-corrected chi connectivity index (χ0v) is 19.2. The lowest BCUT2D eigenvalue weighted by molar-refractivity contribution is -0.0294. The number of nitrogens with zero attached hydrogens (tertiary/aromatic N) is 1. The molecule has 1 saturated heterocycles. The second kappa shape index (κ2) is 9.54. The maximum absolute atomic E-state index is 11.8. The molecule has 0 amide bonds. The topological polar surface area (TPSA) is 58.7 Å². The van der Waals surface area contributed by atoms with Crippen LogP contribution in [0.5, 0.6) is 5.75 Å². The summed E-state index contributed by atoms with van der Waals surface area (Å²) in [6.45, 7) is 3.49. The van der Waals surface area contributed by atoms with Crippen LogP contribution in [-0.2, 0) is 6.61 Å². The summed E-state index contributed by atoms with van der Waals surface area (Å²) in [6.07, 6.45) is 8.84. The molecule has 0 radical (unpaired) electrons. The molecule has 3 aliphatic rings. The van der Waals surface area contributed by atoms with Crippen molar-refractivity contribution in [3.63, 3.8) is 0 Å². The minimum Gasteiger partial charge on any atom is -0.489 e. The molecule has 2 aromatic rings. The van der Waals surface area contributed by atoms with Gasteiger partial charge >= 0.3 is 0 Å². The highest BCUT2D eigenvalue weighted by Crippen LogP contribution is 2.47. The predicted octanol–water partition coefficient (Wildman–Crippen LogP) is 4.95. The van der Waals surface area contributed by atoms with Crippen molar-refractivity contribution in [2.45, 2.75) is 81.5 Å². The molecule has 0 bridgehead atoms. The normalized spacial score (nSPS) is 24.4. The summed E-state index contributed by atoms with van der Waals surface area (Å²) in [5.41, 5.74) is 9.40. The highest BCUT2D eigenvalue weighted by atomic mass is 16.5. The minimum absolute atomic E-state index is 0.133. The van der Waals surface area contributed by atoms with E-state index in [2.05, 4.69) is 47.4 Å². The smallest absolute Gasteiger partial charge is 0.123 e. The van der Waals surface area contributed by atoms with Gasteiger partial charge < -0.3 is 20.5 Å². The number of hydrogen-bond donors (Lipinski definition) is 2. The van der Waals surface area contributed by atoms with Gasteiger partial charge in [0.1, 0.15) is 12.4 Å². The zero-order chi connectivity index (χ0) is 22.0. The number of nitrogens with two attached hydrogens (primary N) is 1. The SMILES string of the molecule is N[C@H]1CCN(CC(c2ccc(OCc3ccccc3)c(C3CC3)c2)C2(O)CCCCC2)C1. The van der Waals surface area contributed by atoms with E-state index in [0.29, 0.717) is 12.5 Å². The van der Waals surface area contributed by atoms with E-state index in [4.69, 9.17) is 10.5 Å². The molecule has 3 N–H and O–H groups in total. The van der Waals surface area contributed by atoms with Crippen molar-refractivity contribution in [2.75, 3.05) is 19.6 Å². The molecule has 172 valence electrons. The van der Waals surface area contributed by atoms with E-state index in [1.165, 1.54) is 36.0 Å². The fourth-order valence-corrected chi connectivity index (χ4v) is 5.75. The van der Waals surface area contributed by atoms with Crippen LogP contribution in [0.1, 0.15) is 79.9 Å². The van der Waals surface area contributed by atoms with Crippen LogP contribution in [0, 0.1) is 0 Å². The number of aliphatic hydroxyl groups is 1. The first kappa shape index (κ1) is 21.9. The lowest BCUT2D eigenvalue weighted by Crippen LogP contribution is -2.44. The maximum Gasteiger partial charge on any atom is 0.123 e. The average Bonchev–Trinajstić information content (AvgIpc) is 3.58. The van der Waals surface area contributed by atoms with Gasteiger partial charge in [-0.1, -0.05) is 61.7 Å². The van der Waals surface area contributed by atoms with E-state index in [9.17, 15) is 5.11 Å². The molecule has 0 aromatic heterocycles. The van der Waals surface area contributed by atoms with Gasteiger partial charge in [-0.05, 0) is 67.3 Å². The summed E-state index contributed by atoms with van der Waals surface area (Å²) in [4.78, 5) is 2.47. The molecule has 2 saturated carbocycles. The zero-order valence-electron chi connectivity index (χ0n) is 19.2. The van der Waals surface area contributed by atoms with Crippen molar-refractivity contribution in [1.82, 2.24) is 4.90 Å². The van der Waals surface area contributed by atoms with Gasteiger partial charge in [-0.2, -0.15) is 0 Å². The fraction of sp³-hybridized carbons (Fsp3) is 0.571. The second-order valence-corrected chi connectivity index (χ2v) is 10.4. The third-order valence-corrected chi connectivity index (χ3v) is 7.81. The molecule has 2 aromatic carbocycles. The molecular formula is C28H38N2O2. The number of ether oxygens (including phenoxy) is 1. The number of likely N-dealkylation sites (tertiary alicyclic amines) is 1. The highest BCUT2D eigenvalue weighted by Gasteiger charge is 2.41. The van der Waals surface area contributed by atoms with Crippen LogP contribution >= 0.6 is 0 Å². The molecule has 3 fully saturated rings. The predicted molar refractivity (Wildman–Crippen MR) is 129 cm³/mol. The maximum atomic E-state index is 11.8. The third kappa shape index (κ3) is 5.03. The summed E-state index contributed by atoms with van der Waals surface area (Å²) in [5.74, 6) is 1.74. The summed E-state index contributed by atoms with van der Waals surface area (Å²) in [7, 11) is 0. The molecule has 1 aliphatic heterocycles. The van der Waals surface area contributed by atoms with Gasteiger partial charge in [0, 0.05) is 25.0 Å². The average molecular weight is 435 g/mol. The van der Waals surface area contributed by atoms with Crippen LogP contribution in [-0.4, -0.2) is 41.3 Å². The van der Waals surface area contributed by atoms with Crippen LogP contribution in [0.4, 0.5) is 0 Å². The van der Waals surface area contributed by atoms with Gasteiger partial charge in [0.2, 0.25) is 0 Å². The van der Waals surface area contributed by atoms with Gasteiger partial charge in [-0.15, -0.1) is 0 Å². The van der Waals surface area contributed by atoms with Crippen molar-refractivity contribution in [1.29, 1.82) is 0 Å². The van der Waals surface area contributed by atoms with Crippen molar-refractivity contribution in [2.24, 2.45) is 5.73 Å². The fourth-order valence-electron chi connectivity index (χ4n) is 5.75. The Kier molecular flexibility index (Phi) is 6.54. The van der Waals surface area contributed by atoms with Crippen LogP contribution in [0.2, 0.25) is 0 Å². The van der Waals surface area contributed by atoms with E-state index >= 15 is 0 Å². The summed E-state index contributed by atoms with van der Waals surface area (Å²) >= 11 is 0. The minimum atomic E-state index is -0.613. The van der Waals surface area contributed by atoms with Crippen molar-refractivity contribution >= 4 is 0 Å². The monoisotopic (exact) mass is 434 g/mol. The third-order valence-electron chi connectivity index (χ3n) is 7.81. The first-order valence-electron chi connectivity index (χ1n) is 12.6. The molecule has 4 heteroatoms. The Bertz CT molecular complexity index is 890. The Morgan fingerprint density at radius 1 is 1.03 bits per heavy atom. The second-order valence-electron chi connectivity index (χ2n) is 10.4. The molecule has 1 unspecified atom stereocenters. The lowest BCUT2D eigenvalue weighted by Gasteiger charge is -2.41. The van der Waals surface area contributed by atoms with Gasteiger partial charge in [0.25, 0.3) is 0 Å². The molecule has 2 atom stereocenters. The molecule has 1 heterocycles. The summed E-state index contributed by atoms with van der Waals surface area (Å²) in [6, 6.07) is 17.4. The van der Waals surface area contributed by atoms with Crippen molar-refractivity contribution in [3.8, 4) is 5.75 Å². The molecular weight excluding hydrogens is 396 g/mol. The van der Waals surface area contributed by atoms with E-state index in [-0.39, 0.29) is 12.0 Å². The summed E-state index contributed by atoms with van der Waals surface area (Å²) in [5, 5.41) is 11.8. The Morgan fingerprint density at radius 2 is 1.81 bits per heavy atom. The quantitative estimate of drug-likeness (QED) is 0.617. The Balaban J connectivity index is 1.40. The van der Waals surface area contributed by atoms with Gasteiger partial charge in [0.05, 0.1) is 5.60 Å². The number of hydrogen-bond acceptors (Lipinski definition) is 4. The Morgan fingerprint density at radius 3 is 2.50 bits per heavy atom. The summed E-state index contributed by atoms with van der Waals surface area (Å²) < 4.78 is 6.29. The van der Waals surface area contributed by atoms with E-state index in [1.807, 2.05) is 6.07 Å². The Hall–Kier alpha value is -1.88. The lowest BCUT2D eigenvalue weighted by atomic mass is 9.72. The largest absolute Gasteiger partial charge is 0.489 e. The van der Waals surface area contributed by atoms with Crippen LogP contribution in [0.25, 0.3) is 0 Å². The standard InChI is InChI=1S/C28H38N2O2/c29-24-13-16-30(18-24)19-26(28(31)14-5-2-6-15-28)23-11-12-27(25(17-23)22-9-10-22)32-20-21-7-3-1-4-8-21/h1,3-4,7-8,11-12,17,22,24,26,31H,2,5-6,9-10,13-16,18-20,29H2/t24-,26?/m0/s1. The van der Waals surface area contributed by atoms with Crippen LogP contribution in [0.3, 0.4) is 0 Å². The van der Waals surface area contributed by atoms with Crippen molar-refractivity contribution in [3.05, 3.63) is 65.2 Å². The van der Waals surface area contributed by atoms with E-state index < -0.39 is 5.60 Å². The van der Waals surface area contributed by atoms with Crippen LogP contribution < -0.4 is 10.5 Å². The molecule has 4 nitrogen and oxygen atoms in total. The Labute approximate surface area is 192 Å². The van der Waals surface area contributed by atoms with Gasteiger partial charge in [-0.3, -0.25) is 0 Å². The number of rotatable bonds is 8. The van der Waals surface area contributed by atoms with E-state index in [0.717, 1.165) is 57.5 Å². The molecule has 5 rings (SSSR count). The molecule has 2 aliphatic carbocycles.